The summed E-state index contributed by atoms with van der Waals surface area (Å²) >= 11 is 3.40. The van der Waals surface area contributed by atoms with Crippen LogP contribution in [0.1, 0.15) is 46.0 Å². The summed E-state index contributed by atoms with van der Waals surface area (Å²) in [5, 5.41) is 0. The Kier molecular flexibility index (Phi) is 7.01. The number of hydrazine groups is 1. The Labute approximate surface area is 155 Å². The summed E-state index contributed by atoms with van der Waals surface area (Å²) in [5.41, 5.74) is 6.71. The van der Waals surface area contributed by atoms with Crippen molar-refractivity contribution in [2.45, 2.75) is 26.7 Å². The molecule has 0 aromatic heterocycles. The number of rotatable bonds is 6. The molecule has 0 heterocycles. The van der Waals surface area contributed by atoms with E-state index in [1.54, 1.807) is 36.4 Å². The molecule has 0 saturated carbocycles. The van der Waals surface area contributed by atoms with Crippen LogP contribution in [0.2, 0.25) is 0 Å². The number of unbranched alkanes of at least 4 members (excludes halogenated alkanes) is 1. The third kappa shape index (κ3) is 5.60. The van der Waals surface area contributed by atoms with E-state index in [2.05, 4.69) is 33.7 Å². The average molecular weight is 405 g/mol. The Hall–Kier alpha value is -2.34. The SMILES string of the molecule is CCCCOc1ccc(C(=O)NNC(=O)c2cccc(C)c2)cc1Br. The number of carbonyl (C=O) groups is 2. The van der Waals surface area contributed by atoms with Gasteiger partial charge in [-0.3, -0.25) is 20.4 Å². The summed E-state index contributed by atoms with van der Waals surface area (Å²) in [5.74, 6) is -0.0776. The van der Waals surface area contributed by atoms with Gasteiger partial charge in [-0.05, 0) is 59.6 Å². The lowest BCUT2D eigenvalue weighted by Gasteiger charge is -2.10. The van der Waals surface area contributed by atoms with E-state index in [-0.39, 0.29) is 5.91 Å². The summed E-state index contributed by atoms with van der Waals surface area (Å²) in [6.45, 7) is 4.63. The molecule has 2 aromatic rings. The minimum absolute atomic E-state index is 0.365. The van der Waals surface area contributed by atoms with E-state index < -0.39 is 5.91 Å². The third-order valence-electron chi connectivity index (χ3n) is 3.52. The predicted octanol–water partition coefficient (Wildman–Crippen LogP) is 4.01. The fourth-order valence-electron chi connectivity index (χ4n) is 2.13. The molecular weight excluding hydrogens is 384 g/mol. The van der Waals surface area contributed by atoms with Crippen molar-refractivity contribution in [3.63, 3.8) is 0 Å². The van der Waals surface area contributed by atoms with Crippen LogP contribution in [0.15, 0.2) is 46.9 Å². The number of hydrogen-bond donors (Lipinski definition) is 2. The Bertz CT molecular complexity index is 762. The molecule has 0 unspecified atom stereocenters. The number of aryl methyl sites for hydroxylation is 1. The van der Waals surface area contributed by atoms with Crippen LogP contribution in [0, 0.1) is 6.92 Å². The standard InChI is InChI=1S/C19H21BrN2O3/c1-3-4-10-25-17-9-8-15(12-16(17)20)19(24)22-21-18(23)14-7-5-6-13(2)11-14/h5-9,11-12H,3-4,10H2,1-2H3,(H,21,23)(H,22,24). The van der Waals surface area contributed by atoms with Gasteiger partial charge in [0.15, 0.2) is 0 Å². The van der Waals surface area contributed by atoms with Crippen LogP contribution >= 0.6 is 15.9 Å². The zero-order valence-electron chi connectivity index (χ0n) is 14.3. The molecule has 132 valence electrons. The Morgan fingerprint density at radius 3 is 2.32 bits per heavy atom. The second-order valence-electron chi connectivity index (χ2n) is 5.62. The maximum Gasteiger partial charge on any atom is 0.269 e. The molecule has 2 aromatic carbocycles. The van der Waals surface area contributed by atoms with Gasteiger partial charge in [-0.2, -0.15) is 0 Å². The van der Waals surface area contributed by atoms with E-state index in [0.717, 1.165) is 18.4 Å². The summed E-state index contributed by atoms with van der Waals surface area (Å²) in [6, 6.07) is 12.2. The van der Waals surface area contributed by atoms with Gasteiger partial charge in [-0.25, -0.2) is 0 Å². The van der Waals surface area contributed by atoms with Crippen molar-refractivity contribution in [2.75, 3.05) is 6.61 Å². The van der Waals surface area contributed by atoms with Crippen molar-refractivity contribution in [3.05, 3.63) is 63.6 Å². The molecular formula is C19H21BrN2O3. The van der Waals surface area contributed by atoms with Gasteiger partial charge in [0.05, 0.1) is 11.1 Å². The van der Waals surface area contributed by atoms with Crippen LogP contribution in [0.25, 0.3) is 0 Å². The zero-order valence-corrected chi connectivity index (χ0v) is 15.9. The molecule has 2 N–H and O–H groups in total. The van der Waals surface area contributed by atoms with Crippen molar-refractivity contribution in [2.24, 2.45) is 0 Å². The van der Waals surface area contributed by atoms with Gasteiger partial charge >= 0.3 is 0 Å². The van der Waals surface area contributed by atoms with Crippen LogP contribution < -0.4 is 15.6 Å². The highest BCUT2D eigenvalue weighted by Gasteiger charge is 2.11. The first-order valence-electron chi connectivity index (χ1n) is 8.11. The Morgan fingerprint density at radius 1 is 1.04 bits per heavy atom. The number of hydrogen-bond acceptors (Lipinski definition) is 3. The predicted molar refractivity (Wildman–Crippen MR) is 101 cm³/mol. The van der Waals surface area contributed by atoms with Crippen molar-refractivity contribution < 1.29 is 14.3 Å². The third-order valence-corrected chi connectivity index (χ3v) is 4.14. The number of carbonyl (C=O) groups excluding carboxylic acids is 2. The van der Waals surface area contributed by atoms with E-state index in [9.17, 15) is 9.59 Å². The molecule has 0 spiro atoms. The monoisotopic (exact) mass is 404 g/mol. The molecule has 0 atom stereocenters. The van der Waals surface area contributed by atoms with E-state index >= 15 is 0 Å². The van der Waals surface area contributed by atoms with Gasteiger partial charge in [0, 0.05) is 11.1 Å². The number of amides is 2. The largest absolute Gasteiger partial charge is 0.492 e. The molecule has 25 heavy (non-hydrogen) atoms. The first-order chi connectivity index (χ1) is 12.0. The van der Waals surface area contributed by atoms with E-state index in [1.165, 1.54) is 0 Å². The second-order valence-corrected chi connectivity index (χ2v) is 6.48. The molecule has 0 fully saturated rings. The topological polar surface area (TPSA) is 67.4 Å². The van der Waals surface area contributed by atoms with Gasteiger partial charge in [0.1, 0.15) is 5.75 Å². The molecule has 0 bridgehead atoms. The highest BCUT2D eigenvalue weighted by atomic mass is 79.9. The molecule has 5 nitrogen and oxygen atoms in total. The van der Waals surface area contributed by atoms with Crippen molar-refractivity contribution in [1.29, 1.82) is 0 Å². The first-order valence-corrected chi connectivity index (χ1v) is 8.90. The second kappa shape index (κ2) is 9.22. The Balaban J connectivity index is 1.94. The van der Waals surface area contributed by atoms with Crippen LogP contribution in [0.4, 0.5) is 0 Å². The van der Waals surface area contributed by atoms with E-state index in [1.807, 2.05) is 13.0 Å². The van der Waals surface area contributed by atoms with Gasteiger partial charge in [-0.1, -0.05) is 31.0 Å². The normalized spacial score (nSPS) is 10.2. The minimum atomic E-state index is -0.401. The highest BCUT2D eigenvalue weighted by Crippen LogP contribution is 2.26. The van der Waals surface area contributed by atoms with Crippen LogP contribution in [-0.2, 0) is 0 Å². The van der Waals surface area contributed by atoms with E-state index in [0.29, 0.717) is 28.0 Å². The molecule has 2 rings (SSSR count). The molecule has 0 saturated heterocycles. The maximum atomic E-state index is 12.2. The van der Waals surface area contributed by atoms with Crippen molar-refractivity contribution in [1.82, 2.24) is 10.9 Å². The lowest BCUT2D eigenvalue weighted by Crippen LogP contribution is -2.41. The summed E-state index contributed by atoms with van der Waals surface area (Å²) < 4.78 is 6.33. The molecule has 0 aliphatic rings. The molecule has 2 amide bonds. The van der Waals surface area contributed by atoms with Crippen LogP contribution in [0.3, 0.4) is 0 Å². The number of halogens is 1. The van der Waals surface area contributed by atoms with E-state index in [4.69, 9.17) is 4.74 Å². The number of ether oxygens (including phenoxy) is 1. The smallest absolute Gasteiger partial charge is 0.269 e. The van der Waals surface area contributed by atoms with Crippen LogP contribution in [0.5, 0.6) is 5.75 Å². The van der Waals surface area contributed by atoms with Crippen molar-refractivity contribution >= 4 is 27.7 Å². The molecule has 6 heteroatoms. The van der Waals surface area contributed by atoms with Gasteiger partial charge < -0.3 is 4.74 Å². The number of nitrogens with one attached hydrogen (secondary N) is 2. The lowest BCUT2D eigenvalue weighted by atomic mass is 10.1. The minimum Gasteiger partial charge on any atom is -0.492 e. The number of benzene rings is 2. The highest BCUT2D eigenvalue weighted by molar-refractivity contribution is 9.10. The molecule has 0 aliphatic carbocycles. The van der Waals surface area contributed by atoms with Gasteiger partial charge in [0.2, 0.25) is 0 Å². The van der Waals surface area contributed by atoms with Gasteiger partial charge in [-0.15, -0.1) is 0 Å². The maximum absolute atomic E-state index is 12.2. The summed E-state index contributed by atoms with van der Waals surface area (Å²) in [4.78, 5) is 24.2. The van der Waals surface area contributed by atoms with Crippen molar-refractivity contribution in [3.8, 4) is 5.75 Å². The zero-order chi connectivity index (χ0) is 18.2. The molecule has 0 radical (unpaired) electrons. The summed E-state index contributed by atoms with van der Waals surface area (Å²) in [7, 11) is 0. The quantitative estimate of drug-likeness (QED) is 0.564. The van der Waals surface area contributed by atoms with Gasteiger partial charge in [0.25, 0.3) is 11.8 Å². The first kappa shape index (κ1) is 19.0. The van der Waals surface area contributed by atoms with Crippen LogP contribution in [-0.4, -0.2) is 18.4 Å². The molecule has 0 aliphatic heterocycles. The average Bonchev–Trinajstić information content (AvgIpc) is 2.60. The lowest BCUT2D eigenvalue weighted by molar-refractivity contribution is 0.0846. The summed E-state index contributed by atoms with van der Waals surface area (Å²) in [6.07, 6.45) is 2.03. The Morgan fingerprint density at radius 2 is 1.72 bits per heavy atom. The fraction of sp³-hybridized carbons (Fsp3) is 0.263. The fourth-order valence-corrected chi connectivity index (χ4v) is 2.62.